The number of hydrogen-bond donors (Lipinski definition) is 0. The third-order valence-corrected chi connectivity index (χ3v) is 4.04. The number of hydrogen-bond acceptors (Lipinski definition) is 1. The van der Waals surface area contributed by atoms with Gasteiger partial charge in [-0.1, -0.05) is 46.3 Å². The molecule has 0 radical (unpaired) electrons. The van der Waals surface area contributed by atoms with Gasteiger partial charge in [-0.05, 0) is 35.4 Å². The van der Waals surface area contributed by atoms with Gasteiger partial charge in [-0.3, -0.25) is 0 Å². The van der Waals surface area contributed by atoms with Gasteiger partial charge in [0.15, 0.2) is 0 Å². The summed E-state index contributed by atoms with van der Waals surface area (Å²) < 4.78 is 29.2. The van der Waals surface area contributed by atoms with Crippen LogP contribution in [-0.2, 0) is 0 Å². The number of nitrogens with zero attached hydrogens (tertiary/aromatic N) is 1. The van der Waals surface area contributed by atoms with Crippen LogP contribution in [0.3, 0.4) is 0 Å². The summed E-state index contributed by atoms with van der Waals surface area (Å²) in [6.45, 7) is -0.321. The lowest BCUT2D eigenvalue weighted by molar-refractivity contribution is 0.0652. The molecule has 1 aliphatic heterocycles. The molecule has 1 aliphatic rings. The van der Waals surface area contributed by atoms with Crippen LogP contribution in [0.1, 0.15) is 11.1 Å². The van der Waals surface area contributed by atoms with Crippen molar-refractivity contribution in [2.75, 3.05) is 18.5 Å². The highest BCUT2D eigenvalue weighted by molar-refractivity contribution is 9.10. The van der Waals surface area contributed by atoms with Crippen LogP contribution in [0, 0.1) is 0 Å². The normalized spacial score (nSPS) is 17.0. The topological polar surface area (TPSA) is 3.24 Å². The molecule has 0 bridgehead atoms. The monoisotopic (exact) mass is 349 g/mol. The number of anilines is 1. The highest BCUT2D eigenvalue weighted by Gasteiger charge is 2.33. The zero-order valence-corrected chi connectivity index (χ0v) is 13.1. The van der Waals surface area contributed by atoms with Crippen molar-refractivity contribution in [1.29, 1.82) is 0 Å². The lowest BCUT2D eigenvalue weighted by Gasteiger charge is -2.22. The second-order valence-electron chi connectivity index (χ2n) is 5.20. The standard InChI is InChI=1S/C17H14BrF2N/c1-21-11-17(19,20)10-15(12-5-3-2-4-6-12)14-9-13(18)7-8-16(14)21/h2-10H,11H2,1H3. The van der Waals surface area contributed by atoms with Crippen molar-refractivity contribution < 1.29 is 8.78 Å². The second kappa shape index (κ2) is 5.26. The van der Waals surface area contributed by atoms with Crippen molar-refractivity contribution in [1.82, 2.24) is 0 Å². The first kappa shape index (κ1) is 14.3. The molecule has 0 spiro atoms. The van der Waals surface area contributed by atoms with Gasteiger partial charge < -0.3 is 4.90 Å². The Kier molecular flexibility index (Phi) is 3.57. The van der Waals surface area contributed by atoms with Crippen molar-refractivity contribution in [3.05, 3.63) is 70.2 Å². The summed E-state index contributed by atoms with van der Waals surface area (Å²) in [4.78, 5) is 1.61. The molecule has 2 aromatic rings. The van der Waals surface area contributed by atoms with Crippen molar-refractivity contribution in [3.8, 4) is 0 Å². The average Bonchev–Trinajstić information content (AvgIpc) is 2.54. The summed E-state index contributed by atoms with van der Waals surface area (Å²) >= 11 is 3.43. The number of alkyl halides is 2. The molecule has 4 heteroatoms. The third kappa shape index (κ3) is 2.86. The minimum absolute atomic E-state index is 0.321. The average molecular weight is 350 g/mol. The Hall–Kier alpha value is -1.68. The molecule has 0 fully saturated rings. The van der Waals surface area contributed by atoms with Crippen LogP contribution in [-0.4, -0.2) is 19.5 Å². The maximum absolute atomic E-state index is 14.2. The smallest absolute Gasteiger partial charge is 0.284 e. The Balaban J connectivity index is 2.26. The zero-order chi connectivity index (χ0) is 15.0. The zero-order valence-electron chi connectivity index (χ0n) is 11.5. The first-order valence-corrected chi connectivity index (χ1v) is 7.43. The summed E-state index contributed by atoms with van der Waals surface area (Å²) in [5.41, 5.74) is 2.99. The van der Waals surface area contributed by atoms with E-state index in [9.17, 15) is 8.78 Å². The van der Waals surface area contributed by atoms with Crippen LogP contribution in [0.2, 0.25) is 0 Å². The molecule has 0 unspecified atom stereocenters. The fourth-order valence-corrected chi connectivity index (χ4v) is 3.01. The third-order valence-electron chi connectivity index (χ3n) is 3.55. The Labute approximate surface area is 131 Å². The molecule has 0 amide bonds. The minimum atomic E-state index is -2.87. The maximum atomic E-state index is 14.2. The summed E-state index contributed by atoms with van der Waals surface area (Å²) in [6.07, 6.45) is 1.08. The van der Waals surface area contributed by atoms with E-state index in [1.54, 1.807) is 11.9 Å². The number of rotatable bonds is 1. The van der Waals surface area contributed by atoms with E-state index < -0.39 is 5.92 Å². The van der Waals surface area contributed by atoms with Crippen LogP contribution in [0.15, 0.2) is 59.1 Å². The summed E-state index contributed by atoms with van der Waals surface area (Å²) in [5.74, 6) is -2.87. The molecule has 0 N–H and O–H groups in total. The Morgan fingerprint density at radius 2 is 1.81 bits per heavy atom. The van der Waals surface area contributed by atoms with E-state index in [1.165, 1.54) is 0 Å². The largest absolute Gasteiger partial charge is 0.368 e. The minimum Gasteiger partial charge on any atom is -0.368 e. The van der Waals surface area contributed by atoms with Crippen LogP contribution in [0.5, 0.6) is 0 Å². The molecule has 108 valence electrons. The molecule has 0 saturated heterocycles. The lowest BCUT2D eigenvalue weighted by Crippen LogP contribution is -2.31. The van der Waals surface area contributed by atoms with Gasteiger partial charge in [-0.15, -0.1) is 0 Å². The van der Waals surface area contributed by atoms with Gasteiger partial charge in [0, 0.05) is 22.8 Å². The van der Waals surface area contributed by atoms with E-state index in [0.29, 0.717) is 5.57 Å². The first-order chi connectivity index (χ1) is 9.96. The van der Waals surface area contributed by atoms with Gasteiger partial charge in [0.2, 0.25) is 0 Å². The quantitative estimate of drug-likeness (QED) is 0.702. The summed E-state index contributed by atoms with van der Waals surface area (Å²) in [5, 5.41) is 0. The van der Waals surface area contributed by atoms with E-state index in [1.807, 2.05) is 48.5 Å². The Bertz CT molecular complexity index is 695. The Morgan fingerprint density at radius 1 is 1.10 bits per heavy atom. The van der Waals surface area contributed by atoms with Gasteiger partial charge in [0.25, 0.3) is 5.92 Å². The molecule has 3 rings (SSSR count). The van der Waals surface area contributed by atoms with Gasteiger partial charge >= 0.3 is 0 Å². The van der Waals surface area contributed by atoms with Crippen molar-refractivity contribution in [2.24, 2.45) is 0 Å². The molecule has 0 aromatic heterocycles. The number of fused-ring (bicyclic) bond motifs is 1. The SMILES string of the molecule is CN1CC(F)(F)C=C(c2ccccc2)c2cc(Br)ccc21. The Morgan fingerprint density at radius 3 is 2.52 bits per heavy atom. The molecular weight excluding hydrogens is 336 g/mol. The first-order valence-electron chi connectivity index (χ1n) is 6.63. The second-order valence-corrected chi connectivity index (χ2v) is 6.12. The van der Waals surface area contributed by atoms with E-state index in [-0.39, 0.29) is 6.54 Å². The highest BCUT2D eigenvalue weighted by atomic mass is 79.9. The molecule has 1 heterocycles. The van der Waals surface area contributed by atoms with Crippen LogP contribution in [0.25, 0.3) is 5.57 Å². The predicted octanol–water partition coefficient (Wildman–Crippen LogP) is 4.97. The summed E-state index contributed by atoms with van der Waals surface area (Å²) in [6, 6.07) is 15.0. The molecule has 0 aliphatic carbocycles. The van der Waals surface area contributed by atoms with Crippen LogP contribution in [0.4, 0.5) is 14.5 Å². The van der Waals surface area contributed by atoms with Crippen molar-refractivity contribution >= 4 is 27.2 Å². The molecule has 0 saturated carbocycles. The van der Waals surface area contributed by atoms with Gasteiger partial charge in [-0.2, -0.15) is 8.78 Å². The molecule has 0 atom stereocenters. The molecule has 2 aromatic carbocycles. The molecule has 21 heavy (non-hydrogen) atoms. The van der Waals surface area contributed by atoms with E-state index in [4.69, 9.17) is 0 Å². The van der Waals surface area contributed by atoms with Gasteiger partial charge in [0.05, 0.1) is 6.54 Å². The molecule has 1 nitrogen and oxygen atoms in total. The number of halogens is 3. The van der Waals surface area contributed by atoms with Crippen molar-refractivity contribution in [3.63, 3.8) is 0 Å². The number of benzene rings is 2. The van der Waals surface area contributed by atoms with E-state index in [0.717, 1.165) is 27.4 Å². The fraction of sp³-hybridized carbons (Fsp3) is 0.176. The predicted molar refractivity (Wildman–Crippen MR) is 85.9 cm³/mol. The fourth-order valence-electron chi connectivity index (χ4n) is 2.65. The highest BCUT2D eigenvalue weighted by Crippen LogP contribution is 2.39. The maximum Gasteiger partial charge on any atom is 0.284 e. The van der Waals surface area contributed by atoms with Crippen LogP contribution < -0.4 is 4.90 Å². The van der Waals surface area contributed by atoms with Crippen LogP contribution >= 0.6 is 15.9 Å². The molecular formula is C17H14BrF2N. The summed E-state index contributed by atoms with van der Waals surface area (Å²) in [7, 11) is 1.70. The lowest BCUT2D eigenvalue weighted by atomic mass is 9.96. The van der Waals surface area contributed by atoms with Crippen molar-refractivity contribution in [2.45, 2.75) is 5.92 Å². The van der Waals surface area contributed by atoms with E-state index >= 15 is 0 Å². The van der Waals surface area contributed by atoms with Gasteiger partial charge in [0.1, 0.15) is 0 Å². The van der Waals surface area contributed by atoms with Gasteiger partial charge in [-0.25, -0.2) is 0 Å². The van der Waals surface area contributed by atoms with E-state index in [2.05, 4.69) is 15.9 Å².